The third kappa shape index (κ3) is 7.75. The molecule has 1 aliphatic rings. The van der Waals surface area contributed by atoms with E-state index in [1.54, 1.807) is 24.0 Å². The molecule has 0 aliphatic carbocycles. The number of carbonyl (C=O) groups excluding carboxylic acids is 2. The number of para-hydroxylation sites is 1. The highest BCUT2D eigenvalue weighted by molar-refractivity contribution is 7.89. The van der Waals surface area contributed by atoms with Crippen molar-refractivity contribution in [1.29, 1.82) is 0 Å². The fourth-order valence-corrected chi connectivity index (χ4v) is 6.80. The summed E-state index contributed by atoms with van der Waals surface area (Å²) in [5.74, 6) is 0.0204. The van der Waals surface area contributed by atoms with Gasteiger partial charge in [0.05, 0.1) is 17.7 Å². The Balaban J connectivity index is 1.64. The van der Waals surface area contributed by atoms with Crippen LogP contribution in [0.25, 0.3) is 11.1 Å². The van der Waals surface area contributed by atoms with E-state index in [1.807, 2.05) is 30.3 Å². The van der Waals surface area contributed by atoms with Crippen LogP contribution in [0.2, 0.25) is 5.15 Å². The van der Waals surface area contributed by atoms with Gasteiger partial charge < -0.3 is 15.2 Å². The number of benzene rings is 2. The summed E-state index contributed by atoms with van der Waals surface area (Å²) in [5, 5.41) is 3.16. The van der Waals surface area contributed by atoms with E-state index in [9.17, 15) is 18.0 Å². The molecular formula is C30H38ClN5O4S. The van der Waals surface area contributed by atoms with Gasteiger partial charge in [-0.3, -0.25) is 9.59 Å². The van der Waals surface area contributed by atoms with E-state index in [2.05, 4.69) is 26.9 Å². The molecule has 1 fully saturated rings. The smallest absolute Gasteiger partial charge is 0.243 e. The van der Waals surface area contributed by atoms with Crippen molar-refractivity contribution in [3.8, 4) is 11.1 Å². The molecule has 2 heterocycles. The van der Waals surface area contributed by atoms with Crippen molar-refractivity contribution < 1.29 is 18.0 Å². The molecular weight excluding hydrogens is 562 g/mol. The SMILES string of the molecule is CCC(=O)Nc1c(-c2ccccc2)cccc1S(=O)(=O)NC(CCCc1[nH]cnc1Cl)C(=O)N1CCC(CC)CC1. The van der Waals surface area contributed by atoms with Crippen molar-refractivity contribution in [3.05, 3.63) is 65.7 Å². The van der Waals surface area contributed by atoms with Crippen molar-refractivity contribution in [2.75, 3.05) is 18.4 Å². The number of nitrogens with one attached hydrogen (secondary N) is 3. The Morgan fingerprint density at radius 3 is 2.46 bits per heavy atom. The predicted molar refractivity (Wildman–Crippen MR) is 161 cm³/mol. The van der Waals surface area contributed by atoms with Crippen LogP contribution < -0.4 is 10.0 Å². The van der Waals surface area contributed by atoms with Gasteiger partial charge in [-0.05, 0) is 49.7 Å². The van der Waals surface area contributed by atoms with Gasteiger partial charge in [0.15, 0.2) is 0 Å². The predicted octanol–water partition coefficient (Wildman–Crippen LogP) is 5.40. The lowest BCUT2D eigenvalue weighted by Crippen LogP contribution is -2.50. The van der Waals surface area contributed by atoms with Crippen LogP contribution in [0.15, 0.2) is 59.8 Å². The Kier molecular flexibility index (Phi) is 10.6. The number of amides is 2. The second kappa shape index (κ2) is 14.1. The number of anilines is 1. The summed E-state index contributed by atoms with van der Waals surface area (Å²) in [5.41, 5.74) is 2.27. The molecule has 0 radical (unpaired) electrons. The van der Waals surface area contributed by atoms with Crippen LogP contribution in [0.5, 0.6) is 0 Å². The van der Waals surface area contributed by atoms with Crippen LogP contribution in [0, 0.1) is 5.92 Å². The average molecular weight is 600 g/mol. The molecule has 4 rings (SSSR count). The summed E-state index contributed by atoms with van der Waals surface area (Å²) in [4.78, 5) is 34.9. The molecule has 2 amide bonds. The van der Waals surface area contributed by atoms with Gasteiger partial charge in [0.1, 0.15) is 16.1 Å². The first-order valence-corrected chi connectivity index (χ1v) is 16.1. The third-order valence-electron chi connectivity index (χ3n) is 7.67. The van der Waals surface area contributed by atoms with Crippen molar-refractivity contribution in [3.63, 3.8) is 0 Å². The molecule has 3 aromatic rings. The van der Waals surface area contributed by atoms with E-state index >= 15 is 0 Å². The number of nitrogens with zero attached hydrogens (tertiary/aromatic N) is 2. The monoisotopic (exact) mass is 599 g/mol. The fourth-order valence-electron chi connectivity index (χ4n) is 5.20. The zero-order valence-corrected chi connectivity index (χ0v) is 25.1. The molecule has 0 bridgehead atoms. The van der Waals surface area contributed by atoms with Gasteiger partial charge in [0, 0.05) is 25.1 Å². The van der Waals surface area contributed by atoms with Gasteiger partial charge in [0.25, 0.3) is 0 Å². The molecule has 1 unspecified atom stereocenters. The van der Waals surface area contributed by atoms with Crippen LogP contribution in [-0.4, -0.2) is 54.2 Å². The first kappa shape index (κ1) is 30.7. The van der Waals surface area contributed by atoms with Crippen molar-refractivity contribution in [2.45, 2.75) is 69.7 Å². The highest BCUT2D eigenvalue weighted by Gasteiger charge is 2.33. The minimum Gasteiger partial charge on any atom is -0.347 e. The molecule has 0 spiro atoms. The largest absolute Gasteiger partial charge is 0.347 e. The van der Waals surface area contributed by atoms with Gasteiger partial charge in [-0.1, -0.05) is 74.3 Å². The van der Waals surface area contributed by atoms with Crippen LogP contribution >= 0.6 is 11.6 Å². The standard InChI is InChI=1S/C30H38ClN5O4S/c1-3-21-16-18-36(19-17-21)30(38)25(14-9-13-24-29(31)33-20-32-24)35-41(39,40)26-15-8-12-23(22-10-6-5-7-11-22)28(26)34-27(37)4-2/h5-8,10-12,15,20-21,25,35H,3-4,9,13-14,16-19H2,1-2H3,(H,32,33)(H,34,37). The van der Waals surface area contributed by atoms with Gasteiger partial charge in [-0.25, -0.2) is 13.4 Å². The van der Waals surface area contributed by atoms with E-state index in [0.29, 0.717) is 42.6 Å². The second-order valence-corrected chi connectivity index (χ2v) is 12.4. The summed E-state index contributed by atoms with van der Waals surface area (Å²) < 4.78 is 30.7. The molecule has 11 heteroatoms. The van der Waals surface area contributed by atoms with E-state index < -0.39 is 16.1 Å². The van der Waals surface area contributed by atoms with E-state index in [4.69, 9.17) is 11.6 Å². The zero-order valence-electron chi connectivity index (χ0n) is 23.5. The molecule has 9 nitrogen and oxygen atoms in total. The van der Waals surface area contributed by atoms with Gasteiger partial charge >= 0.3 is 0 Å². The molecule has 1 aromatic heterocycles. The molecule has 1 saturated heterocycles. The molecule has 0 saturated carbocycles. The summed E-state index contributed by atoms with van der Waals surface area (Å²) in [6, 6.07) is 13.2. The highest BCUT2D eigenvalue weighted by Crippen LogP contribution is 2.34. The molecule has 2 aromatic carbocycles. The van der Waals surface area contributed by atoms with Gasteiger partial charge in [-0.15, -0.1) is 0 Å². The quantitative estimate of drug-likeness (QED) is 0.257. The van der Waals surface area contributed by atoms with Crippen LogP contribution in [0.3, 0.4) is 0 Å². The first-order chi connectivity index (χ1) is 19.7. The number of H-pyrrole nitrogens is 1. The maximum atomic E-state index is 14.0. The van der Waals surface area contributed by atoms with Gasteiger partial charge in [-0.2, -0.15) is 4.72 Å². The normalized spacial score (nSPS) is 15.0. The maximum Gasteiger partial charge on any atom is 0.243 e. The molecule has 220 valence electrons. The number of imidazole rings is 1. The number of carbonyl (C=O) groups is 2. The van der Waals surface area contributed by atoms with Crippen molar-refractivity contribution in [1.82, 2.24) is 19.6 Å². The maximum absolute atomic E-state index is 14.0. The lowest BCUT2D eigenvalue weighted by atomic mass is 9.94. The van der Waals surface area contributed by atoms with Crippen LogP contribution in [0.4, 0.5) is 5.69 Å². The first-order valence-electron chi connectivity index (χ1n) is 14.2. The van der Waals surface area contributed by atoms with E-state index in [-0.39, 0.29) is 35.2 Å². The number of likely N-dealkylation sites (tertiary alicyclic amines) is 1. The summed E-state index contributed by atoms with van der Waals surface area (Å²) in [6.45, 7) is 5.06. The van der Waals surface area contributed by atoms with Crippen LogP contribution in [-0.2, 0) is 26.0 Å². The van der Waals surface area contributed by atoms with Crippen LogP contribution in [0.1, 0.15) is 58.1 Å². The highest BCUT2D eigenvalue weighted by atomic mass is 35.5. The Labute approximate surface area is 247 Å². The Morgan fingerprint density at radius 1 is 1.10 bits per heavy atom. The number of rotatable bonds is 12. The molecule has 1 aliphatic heterocycles. The Bertz CT molecular complexity index is 1440. The number of piperidine rings is 1. The number of hydrogen-bond acceptors (Lipinski definition) is 5. The Morgan fingerprint density at radius 2 is 1.83 bits per heavy atom. The summed E-state index contributed by atoms with van der Waals surface area (Å²) in [6.07, 6.45) is 5.85. The second-order valence-electron chi connectivity index (χ2n) is 10.4. The summed E-state index contributed by atoms with van der Waals surface area (Å²) >= 11 is 6.13. The molecule has 3 N–H and O–H groups in total. The minimum absolute atomic E-state index is 0.0836. The average Bonchev–Trinajstić information content (AvgIpc) is 3.40. The lowest BCUT2D eigenvalue weighted by molar-refractivity contribution is -0.134. The van der Waals surface area contributed by atoms with Gasteiger partial charge in [0.2, 0.25) is 21.8 Å². The number of hydrogen-bond donors (Lipinski definition) is 3. The number of aromatic nitrogens is 2. The number of sulfonamides is 1. The third-order valence-corrected chi connectivity index (χ3v) is 9.51. The lowest BCUT2D eigenvalue weighted by Gasteiger charge is -2.34. The summed E-state index contributed by atoms with van der Waals surface area (Å²) in [7, 11) is -4.22. The Hall–Kier alpha value is -3.21. The number of aryl methyl sites for hydroxylation is 1. The van der Waals surface area contributed by atoms with Crippen molar-refractivity contribution in [2.24, 2.45) is 5.92 Å². The van der Waals surface area contributed by atoms with E-state index in [0.717, 1.165) is 30.5 Å². The zero-order chi connectivity index (χ0) is 29.4. The fraction of sp³-hybridized carbons (Fsp3) is 0.433. The number of aromatic amines is 1. The van der Waals surface area contributed by atoms with Crippen molar-refractivity contribution >= 4 is 39.1 Å². The van der Waals surface area contributed by atoms with E-state index in [1.165, 1.54) is 12.4 Å². The molecule has 41 heavy (non-hydrogen) atoms. The topological polar surface area (TPSA) is 124 Å². The molecule has 1 atom stereocenters. The number of halogens is 1. The minimum atomic E-state index is -4.22.